The van der Waals surface area contributed by atoms with E-state index in [0.717, 1.165) is 12.8 Å². The molecule has 0 radical (unpaired) electrons. The summed E-state index contributed by atoms with van der Waals surface area (Å²) in [5.41, 5.74) is 1.13. The van der Waals surface area contributed by atoms with E-state index in [1.165, 1.54) is 34.1 Å². The molecule has 0 bridgehead atoms. The highest BCUT2D eigenvalue weighted by molar-refractivity contribution is 7.89. The molecule has 0 amide bonds. The number of non-ortho nitro benzene ring substituents is 1. The van der Waals surface area contributed by atoms with Crippen LogP contribution in [-0.4, -0.2) is 30.7 Å². The quantitative estimate of drug-likeness (QED) is 0.629. The van der Waals surface area contributed by atoms with Gasteiger partial charge < -0.3 is 0 Å². The van der Waals surface area contributed by atoms with Gasteiger partial charge in [0.15, 0.2) is 0 Å². The average molecular weight is 346 g/mol. The molecular weight excluding hydrogens is 328 g/mol. The van der Waals surface area contributed by atoms with Crippen molar-refractivity contribution < 1.29 is 13.3 Å². The molecule has 0 spiro atoms. The zero-order valence-electron chi connectivity index (χ0n) is 13.0. The van der Waals surface area contributed by atoms with E-state index < -0.39 is 14.9 Å². The molecule has 3 rings (SSSR count). The van der Waals surface area contributed by atoms with Crippen molar-refractivity contribution in [2.24, 2.45) is 0 Å². The van der Waals surface area contributed by atoms with Crippen LogP contribution < -0.4 is 0 Å². The maximum absolute atomic E-state index is 12.7. The zero-order chi connectivity index (χ0) is 17.2. The summed E-state index contributed by atoms with van der Waals surface area (Å²) in [6.07, 6.45) is 1.55. The monoisotopic (exact) mass is 346 g/mol. The molecule has 2 aromatic carbocycles. The average Bonchev–Trinajstić information content (AvgIpc) is 2.62. The predicted octanol–water partition coefficient (Wildman–Crippen LogP) is 3.16. The molecule has 7 heteroatoms. The summed E-state index contributed by atoms with van der Waals surface area (Å²) in [6, 6.07) is 15.2. The third-order valence-electron chi connectivity index (χ3n) is 4.41. The fraction of sp³-hybridized carbons (Fsp3) is 0.294. The Bertz CT molecular complexity index is 811. The van der Waals surface area contributed by atoms with E-state index in [-0.39, 0.29) is 10.6 Å². The number of benzene rings is 2. The summed E-state index contributed by atoms with van der Waals surface area (Å²) in [7, 11) is -3.60. The fourth-order valence-electron chi connectivity index (χ4n) is 3.04. The maximum atomic E-state index is 12.7. The molecule has 24 heavy (non-hydrogen) atoms. The van der Waals surface area contributed by atoms with Crippen LogP contribution in [0.5, 0.6) is 0 Å². The van der Waals surface area contributed by atoms with Gasteiger partial charge in [-0.15, -0.1) is 0 Å². The third kappa shape index (κ3) is 3.32. The highest BCUT2D eigenvalue weighted by atomic mass is 32.2. The van der Waals surface area contributed by atoms with Crippen molar-refractivity contribution in [2.45, 2.75) is 23.7 Å². The molecule has 0 aliphatic carbocycles. The molecule has 6 nitrogen and oxygen atoms in total. The second-order valence-corrected chi connectivity index (χ2v) is 7.78. The summed E-state index contributed by atoms with van der Waals surface area (Å²) in [5, 5.41) is 10.7. The Balaban J connectivity index is 1.72. The van der Waals surface area contributed by atoms with Gasteiger partial charge in [0.2, 0.25) is 10.0 Å². The van der Waals surface area contributed by atoms with E-state index in [1.54, 1.807) is 0 Å². The molecular formula is C17H18N2O4S. The second kappa shape index (κ2) is 6.70. The molecule has 1 aliphatic rings. The molecule has 1 aliphatic heterocycles. The van der Waals surface area contributed by atoms with Gasteiger partial charge in [-0.05, 0) is 36.5 Å². The molecule has 0 N–H and O–H groups in total. The lowest BCUT2D eigenvalue weighted by molar-refractivity contribution is -0.384. The van der Waals surface area contributed by atoms with Crippen LogP contribution in [0.25, 0.3) is 0 Å². The first-order valence-electron chi connectivity index (χ1n) is 7.78. The Labute approximate surface area is 140 Å². The first-order chi connectivity index (χ1) is 11.5. The van der Waals surface area contributed by atoms with Crippen LogP contribution in [0.4, 0.5) is 5.69 Å². The Morgan fingerprint density at radius 3 is 2.08 bits per heavy atom. The maximum Gasteiger partial charge on any atom is 0.269 e. The van der Waals surface area contributed by atoms with Crippen molar-refractivity contribution >= 4 is 15.7 Å². The van der Waals surface area contributed by atoms with Gasteiger partial charge >= 0.3 is 0 Å². The zero-order valence-corrected chi connectivity index (χ0v) is 13.9. The molecule has 0 atom stereocenters. The Hall–Kier alpha value is -2.25. The fourth-order valence-corrected chi connectivity index (χ4v) is 4.51. The Morgan fingerprint density at radius 1 is 0.958 bits per heavy atom. The lowest BCUT2D eigenvalue weighted by Crippen LogP contribution is -2.37. The largest absolute Gasteiger partial charge is 0.269 e. The molecule has 1 heterocycles. The van der Waals surface area contributed by atoms with Crippen LogP contribution in [0.2, 0.25) is 0 Å². The van der Waals surface area contributed by atoms with Crippen molar-refractivity contribution in [3.8, 4) is 0 Å². The van der Waals surface area contributed by atoms with Crippen LogP contribution in [0.3, 0.4) is 0 Å². The summed E-state index contributed by atoms with van der Waals surface area (Å²) in [6.45, 7) is 0.914. The van der Waals surface area contributed by atoms with Crippen molar-refractivity contribution in [3.05, 3.63) is 70.3 Å². The van der Waals surface area contributed by atoms with Gasteiger partial charge in [0.1, 0.15) is 0 Å². The minimum Gasteiger partial charge on any atom is -0.258 e. The molecule has 126 valence electrons. The Kier molecular flexibility index (Phi) is 4.64. The second-order valence-electron chi connectivity index (χ2n) is 5.84. The van der Waals surface area contributed by atoms with Crippen molar-refractivity contribution in [1.29, 1.82) is 0 Å². The smallest absolute Gasteiger partial charge is 0.258 e. The number of hydrogen-bond donors (Lipinski definition) is 0. The first kappa shape index (κ1) is 16.6. The van der Waals surface area contributed by atoms with Crippen LogP contribution in [-0.2, 0) is 10.0 Å². The molecule has 1 saturated heterocycles. The molecule has 0 aromatic heterocycles. The topological polar surface area (TPSA) is 80.5 Å². The number of piperidine rings is 1. The SMILES string of the molecule is O=[N+]([O-])c1ccc(S(=O)(=O)N2CCC(c3ccccc3)CC2)cc1. The Morgan fingerprint density at radius 2 is 1.54 bits per heavy atom. The van der Waals surface area contributed by atoms with Crippen molar-refractivity contribution in [2.75, 3.05) is 13.1 Å². The summed E-state index contributed by atoms with van der Waals surface area (Å²) in [5.74, 6) is 0.370. The summed E-state index contributed by atoms with van der Waals surface area (Å²) in [4.78, 5) is 10.2. The number of nitro groups is 1. The van der Waals surface area contributed by atoms with Crippen LogP contribution >= 0.6 is 0 Å². The highest BCUT2D eigenvalue weighted by Crippen LogP contribution is 2.30. The minimum atomic E-state index is -3.60. The van der Waals surface area contributed by atoms with Gasteiger partial charge in [0.25, 0.3) is 5.69 Å². The third-order valence-corrected chi connectivity index (χ3v) is 6.32. The number of nitro benzene ring substituents is 1. The minimum absolute atomic E-state index is 0.103. The van der Waals surface area contributed by atoms with Gasteiger partial charge in [-0.1, -0.05) is 30.3 Å². The van der Waals surface area contributed by atoms with E-state index in [4.69, 9.17) is 0 Å². The van der Waals surface area contributed by atoms with Gasteiger partial charge in [0, 0.05) is 25.2 Å². The number of nitrogens with zero attached hydrogens (tertiary/aromatic N) is 2. The van der Waals surface area contributed by atoms with Crippen LogP contribution in [0.15, 0.2) is 59.5 Å². The normalized spacial score (nSPS) is 16.8. The van der Waals surface area contributed by atoms with Gasteiger partial charge in [-0.25, -0.2) is 8.42 Å². The van der Waals surface area contributed by atoms with Crippen molar-refractivity contribution in [1.82, 2.24) is 4.31 Å². The molecule has 0 unspecified atom stereocenters. The van der Waals surface area contributed by atoms with E-state index in [1.807, 2.05) is 18.2 Å². The summed E-state index contributed by atoms with van der Waals surface area (Å²) >= 11 is 0. The van der Waals surface area contributed by atoms with Gasteiger partial charge in [-0.2, -0.15) is 4.31 Å². The highest BCUT2D eigenvalue weighted by Gasteiger charge is 2.30. The molecule has 2 aromatic rings. The van der Waals surface area contributed by atoms with Crippen molar-refractivity contribution in [3.63, 3.8) is 0 Å². The van der Waals surface area contributed by atoms with E-state index >= 15 is 0 Å². The van der Waals surface area contributed by atoms with E-state index in [2.05, 4.69) is 12.1 Å². The summed E-state index contributed by atoms with van der Waals surface area (Å²) < 4.78 is 26.8. The first-order valence-corrected chi connectivity index (χ1v) is 9.22. The lowest BCUT2D eigenvalue weighted by Gasteiger charge is -2.31. The lowest BCUT2D eigenvalue weighted by atomic mass is 9.90. The molecule has 1 fully saturated rings. The number of hydrogen-bond acceptors (Lipinski definition) is 4. The van der Waals surface area contributed by atoms with E-state index in [9.17, 15) is 18.5 Å². The predicted molar refractivity (Wildman–Crippen MR) is 90.3 cm³/mol. The van der Waals surface area contributed by atoms with Crippen LogP contribution in [0, 0.1) is 10.1 Å². The molecule has 0 saturated carbocycles. The van der Waals surface area contributed by atoms with Gasteiger partial charge in [0.05, 0.1) is 9.82 Å². The van der Waals surface area contributed by atoms with Crippen LogP contribution in [0.1, 0.15) is 24.3 Å². The van der Waals surface area contributed by atoms with E-state index in [0.29, 0.717) is 19.0 Å². The number of sulfonamides is 1. The number of rotatable bonds is 4. The standard InChI is InChI=1S/C17H18N2O4S/c20-19(21)16-6-8-17(9-7-16)24(22,23)18-12-10-15(11-13-18)14-4-2-1-3-5-14/h1-9,15H,10-13H2. The van der Waals surface area contributed by atoms with Gasteiger partial charge in [-0.3, -0.25) is 10.1 Å².